The van der Waals surface area contributed by atoms with Gasteiger partial charge in [0.2, 0.25) is 5.91 Å². The van der Waals surface area contributed by atoms with Gasteiger partial charge in [0.05, 0.1) is 6.54 Å². The smallest absolute Gasteiger partial charge is 0.254 e. The highest BCUT2D eigenvalue weighted by Gasteiger charge is 2.24. The number of hydrogen-bond donors (Lipinski definition) is 0. The van der Waals surface area contributed by atoms with Gasteiger partial charge in [0.25, 0.3) is 5.91 Å². The van der Waals surface area contributed by atoms with Gasteiger partial charge in [-0.1, -0.05) is 59.6 Å². The van der Waals surface area contributed by atoms with Crippen LogP contribution < -0.4 is 0 Å². The number of aryl methyl sites for hydroxylation is 2. The van der Waals surface area contributed by atoms with Crippen molar-refractivity contribution in [2.45, 2.75) is 66.8 Å². The number of rotatable bonds is 13. The van der Waals surface area contributed by atoms with Crippen molar-refractivity contribution in [3.63, 3.8) is 0 Å². The molecular formula is C28H43N3O2. The van der Waals surface area contributed by atoms with Crippen LogP contribution in [0.25, 0.3) is 0 Å². The van der Waals surface area contributed by atoms with Gasteiger partial charge in [-0.15, -0.1) is 0 Å². The van der Waals surface area contributed by atoms with Crippen molar-refractivity contribution in [2.24, 2.45) is 18.9 Å². The molecule has 5 nitrogen and oxygen atoms in total. The third kappa shape index (κ3) is 8.71. The molecule has 0 radical (unpaired) electrons. The molecule has 5 heteroatoms. The minimum atomic E-state index is -0.0690. The van der Waals surface area contributed by atoms with Gasteiger partial charge in [-0.05, 0) is 54.5 Å². The molecule has 0 bridgehead atoms. The van der Waals surface area contributed by atoms with Crippen molar-refractivity contribution in [1.29, 1.82) is 0 Å². The van der Waals surface area contributed by atoms with Gasteiger partial charge in [0.1, 0.15) is 6.54 Å². The molecule has 0 aliphatic carbocycles. The summed E-state index contributed by atoms with van der Waals surface area (Å²) < 4.78 is 2.04. The normalized spacial score (nSPS) is 11.3. The Hall–Kier alpha value is -2.56. The lowest BCUT2D eigenvalue weighted by Crippen LogP contribution is -2.45. The van der Waals surface area contributed by atoms with Crippen LogP contribution in [-0.4, -0.2) is 45.8 Å². The van der Waals surface area contributed by atoms with E-state index in [1.165, 1.54) is 24.8 Å². The van der Waals surface area contributed by atoms with E-state index in [-0.39, 0.29) is 24.3 Å². The number of aromatic nitrogens is 1. The molecule has 0 unspecified atom stereocenters. The first-order valence-electron chi connectivity index (χ1n) is 12.5. The van der Waals surface area contributed by atoms with E-state index in [2.05, 4.69) is 46.8 Å². The Morgan fingerprint density at radius 3 is 2.09 bits per heavy atom. The zero-order chi connectivity index (χ0) is 24.4. The lowest BCUT2D eigenvalue weighted by Gasteiger charge is -2.30. The van der Waals surface area contributed by atoms with E-state index < -0.39 is 0 Å². The first-order valence-corrected chi connectivity index (χ1v) is 12.5. The van der Waals surface area contributed by atoms with Crippen LogP contribution in [0.15, 0.2) is 42.6 Å². The van der Waals surface area contributed by atoms with Crippen LogP contribution in [0.1, 0.15) is 75.5 Å². The number of hydrogen-bond acceptors (Lipinski definition) is 2. The van der Waals surface area contributed by atoms with E-state index >= 15 is 0 Å². The summed E-state index contributed by atoms with van der Waals surface area (Å²) in [5.41, 5.74) is 3.00. The Balaban J connectivity index is 2.14. The molecule has 1 aromatic heterocycles. The quantitative estimate of drug-likeness (QED) is 0.374. The van der Waals surface area contributed by atoms with Crippen molar-refractivity contribution < 1.29 is 9.59 Å². The summed E-state index contributed by atoms with van der Waals surface area (Å²) in [6.07, 6.45) is 6.63. The summed E-state index contributed by atoms with van der Waals surface area (Å²) in [5, 5.41) is 0. The fourth-order valence-electron chi connectivity index (χ4n) is 4.05. The molecule has 1 aromatic carbocycles. The maximum Gasteiger partial charge on any atom is 0.254 e. The van der Waals surface area contributed by atoms with E-state index in [0.717, 1.165) is 12.1 Å². The molecular weight excluding hydrogens is 410 g/mol. The molecule has 2 amide bonds. The second-order valence-electron chi connectivity index (χ2n) is 10.0. The van der Waals surface area contributed by atoms with Crippen LogP contribution in [-0.2, 0) is 24.8 Å². The molecule has 0 spiro atoms. The highest BCUT2D eigenvalue weighted by molar-refractivity contribution is 5.96. The largest absolute Gasteiger partial charge is 0.353 e. The average Bonchev–Trinajstić information content (AvgIpc) is 3.16. The first kappa shape index (κ1) is 26.7. The van der Waals surface area contributed by atoms with Crippen LogP contribution in [0.2, 0.25) is 0 Å². The van der Waals surface area contributed by atoms with E-state index in [1.54, 1.807) is 4.90 Å². The number of nitrogens with zero attached hydrogens (tertiary/aromatic N) is 3. The van der Waals surface area contributed by atoms with Gasteiger partial charge in [-0.25, -0.2) is 0 Å². The molecule has 1 heterocycles. The summed E-state index contributed by atoms with van der Waals surface area (Å²) in [7, 11) is 1.99. The Morgan fingerprint density at radius 1 is 0.909 bits per heavy atom. The van der Waals surface area contributed by atoms with Crippen LogP contribution in [0.4, 0.5) is 0 Å². The van der Waals surface area contributed by atoms with Gasteiger partial charge in [0.15, 0.2) is 0 Å². The van der Waals surface area contributed by atoms with Gasteiger partial charge < -0.3 is 14.4 Å². The number of benzene rings is 1. The van der Waals surface area contributed by atoms with E-state index in [4.69, 9.17) is 0 Å². The topological polar surface area (TPSA) is 45.6 Å². The van der Waals surface area contributed by atoms with Crippen LogP contribution in [0.5, 0.6) is 0 Å². The summed E-state index contributed by atoms with van der Waals surface area (Å²) in [5.74, 6) is 0.556. The van der Waals surface area contributed by atoms with E-state index in [1.807, 2.05) is 47.0 Å². The van der Waals surface area contributed by atoms with Crippen molar-refractivity contribution >= 4 is 11.8 Å². The highest BCUT2D eigenvalue weighted by atomic mass is 16.2. The number of amides is 2. The summed E-state index contributed by atoms with van der Waals surface area (Å²) in [4.78, 5) is 30.3. The van der Waals surface area contributed by atoms with Crippen LogP contribution in [0, 0.1) is 11.8 Å². The predicted molar refractivity (Wildman–Crippen MR) is 136 cm³/mol. The lowest BCUT2D eigenvalue weighted by molar-refractivity contribution is -0.133. The third-order valence-electron chi connectivity index (χ3n) is 5.81. The summed E-state index contributed by atoms with van der Waals surface area (Å²) >= 11 is 0. The lowest BCUT2D eigenvalue weighted by atomic mass is 10.0. The minimum Gasteiger partial charge on any atom is -0.353 e. The highest BCUT2D eigenvalue weighted by Crippen LogP contribution is 2.14. The van der Waals surface area contributed by atoms with Crippen LogP contribution in [0.3, 0.4) is 0 Å². The predicted octanol–water partition coefficient (Wildman–Crippen LogP) is 5.54. The molecule has 33 heavy (non-hydrogen) atoms. The van der Waals surface area contributed by atoms with Gasteiger partial charge in [-0.3, -0.25) is 9.59 Å². The monoisotopic (exact) mass is 453 g/mol. The molecule has 0 aliphatic heterocycles. The second-order valence-corrected chi connectivity index (χ2v) is 10.0. The molecule has 2 rings (SSSR count). The van der Waals surface area contributed by atoms with Crippen molar-refractivity contribution in [1.82, 2.24) is 14.4 Å². The van der Waals surface area contributed by atoms with E-state index in [0.29, 0.717) is 31.1 Å². The fourth-order valence-corrected chi connectivity index (χ4v) is 4.05. The summed E-state index contributed by atoms with van der Waals surface area (Å²) in [6.45, 7) is 12.5. The maximum atomic E-state index is 13.4. The maximum absolute atomic E-state index is 13.4. The van der Waals surface area contributed by atoms with Crippen LogP contribution >= 0.6 is 0 Å². The standard InChI is InChI=1S/C28H43N3O2/c1-7-8-9-11-24-13-15-25(16-14-24)28(33)31(19-23(4)5)21-27(32)30(18-22(2)3)20-26-12-10-17-29(26)6/h10,12-17,22-23H,7-9,11,18-21H2,1-6H3. The Morgan fingerprint density at radius 2 is 1.55 bits per heavy atom. The van der Waals surface area contributed by atoms with Crippen molar-refractivity contribution in [3.8, 4) is 0 Å². The molecule has 0 N–H and O–H groups in total. The van der Waals surface area contributed by atoms with Crippen molar-refractivity contribution in [3.05, 3.63) is 59.4 Å². The SMILES string of the molecule is CCCCCc1ccc(C(=O)N(CC(=O)N(Cc2cccn2C)CC(C)C)CC(C)C)cc1. The molecule has 0 atom stereocenters. The molecule has 0 saturated heterocycles. The zero-order valence-corrected chi connectivity index (χ0v) is 21.5. The zero-order valence-electron chi connectivity index (χ0n) is 21.5. The van der Waals surface area contributed by atoms with E-state index in [9.17, 15) is 9.59 Å². The molecule has 0 aliphatic rings. The Bertz CT molecular complexity index is 868. The van der Waals surface area contributed by atoms with Gasteiger partial charge in [0, 0.05) is 37.6 Å². The minimum absolute atomic E-state index is 0.00455. The average molecular weight is 454 g/mol. The molecule has 0 fully saturated rings. The van der Waals surface area contributed by atoms with Gasteiger partial charge >= 0.3 is 0 Å². The van der Waals surface area contributed by atoms with Crippen molar-refractivity contribution in [2.75, 3.05) is 19.6 Å². The first-order chi connectivity index (χ1) is 15.7. The van der Waals surface area contributed by atoms with Gasteiger partial charge in [-0.2, -0.15) is 0 Å². The Kier molecular flexibility index (Phi) is 10.7. The number of unbranched alkanes of at least 4 members (excludes halogenated alkanes) is 2. The third-order valence-corrected chi connectivity index (χ3v) is 5.81. The molecule has 2 aromatic rings. The number of carbonyl (C=O) groups excluding carboxylic acids is 2. The fraction of sp³-hybridized carbons (Fsp3) is 0.571. The second kappa shape index (κ2) is 13.2. The number of carbonyl (C=O) groups is 2. The summed E-state index contributed by atoms with van der Waals surface area (Å²) in [6, 6.07) is 12.0. The molecule has 0 saturated carbocycles. The Labute approximate surface area is 200 Å². The molecule has 182 valence electrons.